The van der Waals surface area contributed by atoms with Gasteiger partial charge in [0.15, 0.2) is 0 Å². The molecule has 6 nitrogen and oxygen atoms in total. The molecule has 1 aromatic carbocycles. The molecule has 4 aromatic rings. The van der Waals surface area contributed by atoms with Gasteiger partial charge in [0.1, 0.15) is 11.5 Å². The van der Waals surface area contributed by atoms with Crippen molar-refractivity contribution in [1.29, 1.82) is 0 Å². The summed E-state index contributed by atoms with van der Waals surface area (Å²) in [6.07, 6.45) is 7.98. The first-order valence-corrected chi connectivity index (χ1v) is 11.1. The SMILES string of the molecule is COc1ccc(-c2cccnc2C(=O)N(CCc2c[nH]c3cccc(F)c23)CC2CC2)cn1. The van der Waals surface area contributed by atoms with Gasteiger partial charge in [-0.15, -0.1) is 0 Å². The van der Waals surface area contributed by atoms with E-state index >= 15 is 0 Å². The monoisotopic (exact) mass is 444 g/mol. The molecule has 0 aliphatic heterocycles. The van der Waals surface area contributed by atoms with E-state index in [1.165, 1.54) is 6.07 Å². The van der Waals surface area contributed by atoms with Gasteiger partial charge < -0.3 is 14.6 Å². The molecule has 1 aliphatic rings. The van der Waals surface area contributed by atoms with E-state index < -0.39 is 0 Å². The van der Waals surface area contributed by atoms with Gasteiger partial charge in [-0.1, -0.05) is 12.1 Å². The van der Waals surface area contributed by atoms with Crippen LogP contribution in [0.25, 0.3) is 22.0 Å². The molecular weight excluding hydrogens is 419 g/mol. The Hall–Kier alpha value is -3.74. The Bertz CT molecular complexity index is 1280. The third-order valence-electron chi connectivity index (χ3n) is 6.12. The Labute approximate surface area is 191 Å². The fraction of sp³-hybridized carbons (Fsp3) is 0.269. The van der Waals surface area contributed by atoms with Crippen molar-refractivity contribution in [2.75, 3.05) is 20.2 Å². The van der Waals surface area contributed by atoms with E-state index in [1.807, 2.05) is 35.4 Å². The summed E-state index contributed by atoms with van der Waals surface area (Å²) >= 11 is 0. The smallest absolute Gasteiger partial charge is 0.273 e. The molecule has 1 saturated carbocycles. The minimum absolute atomic E-state index is 0.117. The van der Waals surface area contributed by atoms with Crippen LogP contribution in [0, 0.1) is 11.7 Å². The summed E-state index contributed by atoms with van der Waals surface area (Å²) < 4.78 is 19.6. The molecule has 1 amide bonds. The van der Waals surface area contributed by atoms with E-state index in [-0.39, 0.29) is 11.7 Å². The highest BCUT2D eigenvalue weighted by Crippen LogP contribution is 2.31. The molecule has 1 N–H and O–H groups in total. The lowest BCUT2D eigenvalue weighted by atomic mass is 10.0. The lowest BCUT2D eigenvalue weighted by Crippen LogP contribution is -2.35. The van der Waals surface area contributed by atoms with Crippen LogP contribution >= 0.6 is 0 Å². The zero-order valence-corrected chi connectivity index (χ0v) is 18.4. The summed E-state index contributed by atoms with van der Waals surface area (Å²) in [6, 6.07) is 12.4. The first-order chi connectivity index (χ1) is 16.1. The Morgan fingerprint density at radius 3 is 2.82 bits per heavy atom. The van der Waals surface area contributed by atoms with Gasteiger partial charge in [0.25, 0.3) is 5.91 Å². The maximum absolute atomic E-state index is 14.4. The minimum Gasteiger partial charge on any atom is -0.481 e. The fourth-order valence-electron chi connectivity index (χ4n) is 4.17. The predicted molar refractivity (Wildman–Crippen MR) is 125 cm³/mol. The van der Waals surface area contributed by atoms with E-state index in [2.05, 4.69) is 15.0 Å². The maximum Gasteiger partial charge on any atom is 0.273 e. The van der Waals surface area contributed by atoms with E-state index in [4.69, 9.17) is 4.74 Å². The van der Waals surface area contributed by atoms with E-state index in [0.717, 1.165) is 35.0 Å². The molecule has 0 saturated heterocycles. The van der Waals surface area contributed by atoms with Crippen molar-refractivity contribution in [2.45, 2.75) is 19.3 Å². The van der Waals surface area contributed by atoms with Gasteiger partial charge >= 0.3 is 0 Å². The largest absolute Gasteiger partial charge is 0.481 e. The Morgan fingerprint density at radius 2 is 2.06 bits per heavy atom. The summed E-state index contributed by atoms with van der Waals surface area (Å²) in [5, 5.41) is 0.596. The van der Waals surface area contributed by atoms with Crippen molar-refractivity contribution in [3.8, 4) is 17.0 Å². The van der Waals surface area contributed by atoms with Gasteiger partial charge in [-0.05, 0) is 55.0 Å². The predicted octanol–water partition coefficient (Wildman–Crippen LogP) is 4.87. The summed E-state index contributed by atoms with van der Waals surface area (Å²) in [5.41, 5.74) is 3.57. The van der Waals surface area contributed by atoms with Crippen LogP contribution in [0.4, 0.5) is 4.39 Å². The molecule has 1 aliphatic carbocycles. The van der Waals surface area contributed by atoms with Crippen molar-refractivity contribution < 1.29 is 13.9 Å². The zero-order valence-electron chi connectivity index (χ0n) is 18.4. The summed E-state index contributed by atoms with van der Waals surface area (Å²) in [5.74, 6) is 0.664. The number of pyridine rings is 2. The molecule has 3 aromatic heterocycles. The molecule has 1 fully saturated rings. The number of H-pyrrole nitrogens is 1. The molecule has 168 valence electrons. The summed E-state index contributed by atoms with van der Waals surface area (Å²) in [6.45, 7) is 1.17. The number of rotatable bonds is 8. The van der Waals surface area contributed by atoms with Crippen LogP contribution < -0.4 is 4.74 Å². The van der Waals surface area contributed by atoms with Crippen LogP contribution in [-0.2, 0) is 6.42 Å². The lowest BCUT2D eigenvalue weighted by molar-refractivity contribution is 0.0744. The molecule has 33 heavy (non-hydrogen) atoms. The maximum atomic E-state index is 14.4. The zero-order chi connectivity index (χ0) is 22.8. The number of nitrogens with one attached hydrogen (secondary N) is 1. The van der Waals surface area contributed by atoms with Gasteiger partial charge in [0.2, 0.25) is 5.88 Å². The number of hydrogen-bond acceptors (Lipinski definition) is 4. The fourth-order valence-corrected chi connectivity index (χ4v) is 4.17. The number of ether oxygens (including phenoxy) is 1. The first kappa shape index (κ1) is 21.1. The molecule has 3 heterocycles. The second-order valence-electron chi connectivity index (χ2n) is 8.41. The second-order valence-corrected chi connectivity index (χ2v) is 8.41. The van der Waals surface area contributed by atoms with Gasteiger partial charge in [0.05, 0.1) is 7.11 Å². The number of benzene rings is 1. The number of fused-ring (bicyclic) bond motifs is 1. The van der Waals surface area contributed by atoms with E-state index in [0.29, 0.717) is 42.4 Å². The summed E-state index contributed by atoms with van der Waals surface area (Å²) in [4.78, 5) is 27.4. The third-order valence-corrected chi connectivity index (χ3v) is 6.12. The van der Waals surface area contributed by atoms with E-state index in [9.17, 15) is 9.18 Å². The minimum atomic E-state index is -0.247. The van der Waals surface area contributed by atoms with Crippen LogP contribution in [0.15, 0.2) is 61.1 Å². The molecule has 0 radical (unpaired) electrons. The standard InChI is InChI=1S/C26H25FN4O2/c1-33-23-10-9-18(14-30-23)20-4-3-12-28-25(20)26(32)31(16-17-7-8-17)13-11-19-15-29-22-6-2-5-21(27)24(19)22/h2-6,9-10,12,14-15,17,29H,7-8,11,13,16H2,1H3. The molecule has 0 spiro atoms. The molecular formula is C26H25FN4O2. The van der Waals surface area contributed by atoms with Gasteiger partial charge in [-0.3, -0.25) is 9.78 Å². The molecule has 0 unspecified atom stereocenters. The average Bonchev–Trinajstić information content (AvgIpc) is 3.58. The Balaban J connectivity index is 1.42. The van der Waals surface area contributed by atoms with Crippen molar-refractivity contribution >= 4 is 16.8 Å². The van der Waals surface area contributed by atoms with Gasteiger partial charge in [-0.25, -0.2) is 9.37 Å². The number of hydrogen-bond donors (Lipinski definition) is 1. The molecule has 7 heteroatoms. The quantitative estimate of drug-likeness (QED) is 0.421. The molecule has 5 rings (SSSR count). The van der Waals surface area contributed by atoms with Crippen LogP contribution in [0.2, 0.25) is 0 Å². The number of aromatic amines is 1. The van der Waals surface area contributed by atoms with Crippen molar-refractivity contribution in [1.82, 2.24) is 19.9 Å². The Kier molecular flexibility index (Phi) is 5.77. The highest BCUT2D eigenvalue weighted by molar-refractivity contribution is 5.99. The topological polar surface area (TPSA) is 71.1 Å². The highest BCUT2D eigenvalue weighted by Gasteiger charge is 2.29. The summed E-state index contributed by atoms with van der Waals surface area (Å²) in [7, 11) is 1.57. The van der Waals surface area contributed by atoms with Crippen molar-refractivity contribution in [2.24, 2.45) is 5.92 Å². The third kappa shape index (κ3) is 4.44. The second kappa shape index (κ2) is 9.02. The number of amides is 1. The average molecular weight is 445 g/mol. The number of carbonyl (C=O) groups excluding carboxylic acids is 1. The van der Waals surface area contributed by atoms with E-state index in [1.54, 1.807) is 31.6 Å². The number of nitrogens with zero attached hydrogens (tertiary/aromatic N) is 3. The highest BCUT2D eigenvalue weighted by atomic mass is 19.1. The van der Waals surface area contributed by atoms with Crippen LogP contribution in [0.5, 0.6) is 5.88 Å². The van der Waals surface area contributed by atoms with Crippen LogP contribution in [0.1, 0.15) is 28.9 Å². The van der Waals surface area contributed by atoms with Crippen LogP contribution in [-0.4, -0.2) is 46.0 Å². The number of halogens is 1. The lowest BCUT2D eigenvalue weighted by Gasteiger charge is -2.23. The van der Waals surface area contributed by atoms with Gasteiger partial charge in [0, 0.05) is 59.8 Å². The van der Waals surface area contributed by atoms with Crippen molar-refractivity contribution in [3.05, 3.63) is 78.1 Å². The normalized spacial score (nSPS) is 13.3. The van der Waals surface area contributed by atoms with Crippen LogP contribution in [0.3, 0.4) is 0 Å². The number of aromatic nitrogens is 3. The number of carbonyl (C=O) groups is 1. The molecule has 0 atom stereocenters. The molecule has 0 bridgehead atoms. The first-order valence-electron chi connectivity index (χ1n) is 11.1. The van der Waals surface area contributed by atoms with Crippen molar-refractivity contribution in [3.63, 3.8) is 0 Å². The Morgan fingerprint density at radius 1 is 1.18 bits per heavy atom. The van der Waals surface area contributed by atoms with Gasteiger partial charge in [-0.2, -0.15) is 0 Å². The number of methoxy groups -OCH3 is 1.